The van der Waals surface area contributed by atoms with E-state index in [1.54, 1.807) is 12.1 Å². The van der Waals surface area contributed by atoms with Gasteiger partial charge in [-0.3, -0.25) is 0 Å². The predicted octanol–water partition coefficient (Wildman–Crippen LogP) is 4.30. The third-order valence-corrected chi connectivity index (χ3v) is 3.06. The predicted molar refractivity (Wildman–Crippen MR) is 81.1 cm³/mol. The van der Waals surface area contributed by atoms with E-state index in [-0.39, 0.29) is 0 Å². The van der Waals surface area contributed by atoms with Gasteiger partial charge in [0.2, 0.25) is 0 Å². The Labute approximate surface area is 114 Å². The van der Waals surface area contributed by atoms with Crippen molar-refractivity contribution in [3.8, 4) is 11.5 Å². The van der Waals surface area contributed by atoms with Crippen LogP contribution < -0.4 is 10.2 Å². The fourth-order valence-corrected chi connectivity index (χ4v) is 2.08. The van der Waals surface area contributed by atoms with Crippen LogP contribution in [-0.2, 0) is 0 Å². The summed E-state index contributed by atoms with van der Waals surface area (Å²) < 4.78 is 5.79. The van der Waals surface area contributed by atoms with Gasteiger partial charge >= 0.3 is 0 Å². The number of hydrogen-bond acceptors (Lipinski definition) is 1. The van der Waals surface area contributed by atoms with Crippen LogP contribution in [0.15, 0.2) is 42.5 Å². The highest BCUT2D eigenvalue weighted by Gasteiger charge is 2.07. The molecule has 0 spiro atoms. The number of rotatable bonds is 3. The maximum Gasteiger partial charge on any atom is 0.187 e. The van der Waals surface area contributed by atoms with Crippen LogP contribution in [0.4, 0.5) is 5.69 Å². The molecule has 0 aromatic heterocycles. The number of aryl methyl sites for hydroxylation is 1. The van der Waals surface area contributed by atoms with E-state index in [2.05, 4.69) is 37.5 Å². The summed E-state index contributed by atoms with van der Waals surface area (Å²) in [4.78, 5) is 3.36. The van der Waals surface area contributed by atoms with E-state index in [9.17, 15) is 0 Å². The lowest BCUT2D eigenvalue weighted by molar-refractivity contribution is 0.482. The van der Waals surface area contributed by atoms with Crippen LogP contribution in [0.1, 0.15) is 5.56 Å². The number of hydrogen-bond donors (Lipinski definition) is 0. The molecule has 2 aromatic rings. The Morgan fingerprint density at radius 2 is 1.63 bits per heavy atom. The van der Waals surface area contributed by atoms with Gasteiger partial charge in [0.1, 0.15) is 11.5 Å². The highest BCUT2D eigenvalue weighted by Crippen LogP contribution is 2.24. The summed E-state index contributed by atoms with van der Waals surface area (Å²) in [5.74, 6) is 1.58. The minimum Gasteiger partial charge on any atom is -0.457 e. The lowest BCUT2D eigenvalue weighted by atomic mass is 9.48. The molecule has 0 bridgehead atoms. The van der Waals surface area contributed by atoms with E-state index in [0.717, 1.165) is 11.5 Å². The van der Waals surface area contributed by atoms with Crippen molar-refractivity contribution in [1.82, 2.24) is 0 Å². The van der Waals surface area contributed by atoms with E-state index in [0.29, 0.717) is 12.4 Å². The first-order chi connectivity index (χ1) is 9.10. The molecule has 2 aromatic carbocycles. The zero-order valence-electron chi connectivity index (χ0n) is 11.5. The lowest BCUT2D eigenvalue weighted by Gasteiger charge is -2.11. The molecule has 0 saturated carbocycles. The Balaban J connectivity index is 2.19. The monoisotopic (exact) mass is 249 g/mol. The largest absolute Gasteiger partial charge is 0.457 e. The second-order valence-corrected chi connectivity index (χ2v) is 4.88. The maximum absolute atomic E-state index is 6.91. The second-order valence-electron chi connectivity index (χ2n) is 4.88. The molecule has 0 aliphatic heterocycles. The van der Waals surface area contributed by atoms with E-state index in [1.165, 1.54) is 11.0 Å². The highest BCUT2D eigenvalue weighted by atomic mass is 16.5. The number of benzene rings is 2. The van der Waals surface area contributed by atoms with Crippen molar-refractivity contribution in [3.05, 3.63) is 59.4 Å². The molecule has 94 valence electrons. The van der Waals surface area contributed by atoms with Crippen molar-refractivity contribution >= 4 is 17.9 Å². The summed E-state index contributed by atoms with van der Waals surface area (Å²) in [7, 11) is 0. The zero-order chi connectivity index (χ0) is 13.8. The van der Waals surface area contributed by atoms with Crippen molar-refractivity contribution in [1.29, 1.82) is 0 Å². The summed E-state index contributed by atoms with van der Waals surface area (Å²) in [6.45, 7) is 13.9. The summed E-state index contributed by atoms with van der Waals surface area (Å²) in [6.07, 6.45) is 0. The number of ether oxygens (including phenoxy) is 1. The summed E-state index contributed by atoms with van der Waals surface area (Å²) in [5.41, 5.74) is 3.21. The molecule has 0 aliphatic carbocycles. The molecule has 0 amide bonds. The fourth-order valence-electron chi connectivity index (χ4n) is 2.08. The van der Waals surface area contributed by atoms with Gasteiger partial charge in [-0.2, -0.15) is 0 Å². The SMILES string of the molecule is [C-]#[N+]c1ccc(Oc2ccc(B(C)C)c(C)c2)cc1. The molecule has 0 saturated heterocycles. The van der Waals surface area contributed by atoms with Crippen LogP contribution >= 0.6 is 0 Å². The average Bonchev–Trinajstić information content (AvgIpc) is 2.39. The van der Waals surface area contributed by atoms with Gasteiger partial charge in [-0.1, -0.05) is 42.9 Å². The molecule has 0 atom stereocenters. The molecule has 0 fully saturated rings. The smallest absolute Gasteiger partial charge is 0.187 e. The zero-order valence-corrected chi connectivity index (χ0v) is 11.5. The van der Waals surface area contributed by atoms with Gasteiger partial charge in [-0.05, 0) is 31.2 Å². The Bertz CT molecular complexity index is 612. The Hall–Kier alpha value is -2.21. The topological polar surface area (TPSA) is 13.6 Å². The third-order valence-electron chi connectivity index (χ3n) is 3.06. The van der Waals surface area contributed by atoms with Gasteiger partial charge in [0.05, 0.1) is 6.57 Å². The molecule has 3 heteroatoms. The van der Waals surface area contributed by atoms with Gasteiger partial charge in [0, 0.05) is 0 Å². The molecule has 2 rings (SSSR count). The summed E-state index contributed by atoms with van der Waals surface area (Å²) in [5, 5.41) is 0. The van der Waals surface area contributed by atoms with Gasteiger partial charge in [-0.25, -0.2) is 4.85 Å². The van der Waals surface area contributed by atoms with Crippen LogP contribution in [0.25, 0.3) is 4.85 Å². The first-order valence-electron chi connectivity index (χ1n) is 6.36. The molecule has 2 nitrogen and oxygen atoms in total. The van der Waals surface area contributed by atoms with Gasteiger partial charge in [0.25, 0.3) is 0 Å². The quantitative estimate of drug-likeness (QED) is 0.584. The van der Waals surface area contributed by atoms with E-state index in [4.69, 9.17) is 11.3 Å². The summed E-state index contributed by atoms with van der Waals surface area (Å²) in [6, 6.07) is 13.3. The van der Waals surface area contributed by atoms with Crippen molar-refractivity contribution in [2.45, 2.75) is 20.6 Å². The molecule has 0 unspecified atom stereocenters. The van der Waals surface area contributed by atoms with Crippen LogP contribution in [0.5, 0.6) is 11.5 Å². The first kappa shape index (κ1) is 13.2. The van der Waals surface area contributed by atoms with Crippen LogP contribution in [0, 0.1) is 13.5 Å². The van der Waals surface area contributed by atoms with Gasteiger partial charge in [-0.15, -0.1) is 0 Å². The first-order valence-corrected chi connectivity index (χ1v) is 6.36. The van der Waals surface area contributed by atoms with Crippen molar-refractivity contribution < 1.29 is 4.74 Å². The molecular formula is C16H16BNO. The molecule has 0 radical (unpaired) electrons. The minimum atomic E-state index is 0.520. The van der Waals surface area contributed by atoms with Crippen LogP contribution in [-0.4, -0.2) is 6.71 Å². The van der Waals surface area contributed by atoms with E-state index < -0.39 is 0 Å². The van der Waals surface area contributed by atoms with Gasteiger partial charge < -0.3 is 4.74 Å². The third kappa shape index (κ3) is 3.17. The van der Waals surface area contributed by atoms with Crippen molar-refractivity contribution in [2.24, 2.45) is 0 Å². The van der Waals surface area contributed by atoms with E-state index in [1.807, 2.05) is 18.2 Å². The number of nitrogens with zero attached hydrogens (tertiary/aromatic N) is 1. The van der Waals surface area contributed by atoms with Crippen LogP contribution in [0.3, 0.4) is 0 Å². The second kappa shape index (κ2) is 5.62. The Kier molecular flexibility index (Phi) is 3.92. The Morgan fingerprint density at radius 3 is 2.16 bits per heavy atom. The standard InChI is InChI=1S/C16H16BNO/c1-12-11-15(9-10-16(12)17(2)3)19-14-7-5-13(18-4)6-8-14/h5-11H,1-3H3. The average molecular weight is 249 g/mol. The molecular weight excluding hydrogens is 233 g/mol. The lowest BCUT2D eigenvalue weighted by Crippen LogP contribution is -2.25. The molecule has 0 N–H and O–H groups in total. The van der Waals surface area contributed by atoms with Crippen LogP contribution in [0.2, 0.25) is 13.6 Å². The van der Waals surface area contributed by atoms with Gasteiger partial charge in [0.15, 0.2) is 12.4 Å². The normalized spacial score (nSPS) is 9.79. The fraction of sp³-hybridized carbons (Fsp3) is 0.188. The molecule has 0 heterocycles. The van der Waals surface area contributed by atoms with Crippen molar-refractivity contribution in [2.75, 3.05) is 0 Å². The van der Waals surface area contributed by atoms with E-state index >= 15 is 0 Å². The summed E-state index contributed by atoms with van der Waals surface area (Å²) >= 11 is 0. The highest BCUT2D eigenvalue weighted by molar-refractivity contribution is 6.71. The molecule has 19 heavy (non-hydrogen) atoms. The Morgan fingerprint density at radius 1 is 1.00 bits per heavy atom. The molecule has 0 aliphatic rings. The minimum absolute atomic E-state index is 0.520. The maximum atomic E-state index is 6.91. The van der Waals surface area contributed by atoms with Crippen molar-refractivity contribution in [3.63, 3.8) is 0 Å².